The molecule has 0 radical (unpaired) electrons. The second kappa shape index (κ2) is 9.01. The molecule has 0 atom stereocenters. The number of ether oxygens (including phenoxy) is 3. The van der Waals surface area contributed by atoms with Crippen LogP contribution < -0.4 is 19.5 Å². The van der Waals surface area contributed by atoms with Crippen LogP contribution in [0.5, 0.6) is 23.0 Å². The maximum atomic E-state index is 12.4. The fourth-order valence-electron chi connectivity index (χ4n) is 2.86. The number of hydrogen-bond donors (Lipinski definition) is 2. The number of hydrogen-bond acceptors (Lipinski definition) is 6. The van der Waals surface area contributed by atoms with Crippen molar-refractivity contribution in [2.75, 3.05) is 21.3 Å². The number of carbonyl (C=O) groups is 1. The van der Waals surface area contributed by atoms with Gasteiger partial charge in [-0.15, -0.1) is 0 Å². The van der Waals surface area contributed by atoms with Crippen molar-refractivity contribution in [2.24, 2.45) is 0 Å². The van der Waals surface area contributed by atoms with Gasteiger partial charge in [0.25, 0.3) is 5.91 Å². The Morgan fingerprint density at radius 1 is 1.00 bits per heavy atom. The van der Waals surface area contributed by atoms with Crippen molar-refractivity contribution in [3.8, 4) is 23.0 Å². The molecular formula is C21H23N3O5. The number of amides is 1. The van der Waals surface area contributed by atoms with Gasteiger partial charge in [0.05, 0.1) is 39.6 Å². The molecule has 0 aliphatic heterocycles. The zero-order valence-corrected chi connectivity index (χ0v) is 16.5. The third kappa shape index (κ3) is 4.78. The van der Waals surface area contributed by atoms with E-state index in [1.54, 1.807) is 43.3 Å². The van der Waals surface area contributed by atoms with Crippen molar-refractivity contribution in [1.82, 2.24) is 15.1 Å². The van der Waals surface area contributed by atoms with Gasteiger partial charge in [-0.1, -0.05) is 12.1 Å². The smallest absolute Gasteiger partial charge is 0.254 e. The van der Waals surface area contributed by atoms with Gasteiger partial charge in [0, 0.05) is 12.7 Å². The minimum Gasteiger partial charge on any atom is -0.504 e. The van der Waals surface area contributed by atoms with E-state index in [4.69, 9.17) is 14.2 Å². The number of rotatable bonds is 8. The van der Waals surface area contributed by atoms with E-state index in [0.29, 0.717) is 29.4 Å². The normalized spacial score (nSPS) is 10.4. The Morgan fingerprint density at radius 2 is 1.69 bits per heavy atom. The summed E-state index contributed by atoms with van der Waals surface area (Å²) in [6.45, 7) is 0.761. The minimum absolute atomic E-state index is 0.0296. The molecule has 0 bridgehead atoms. The SMILES string of the molecule is COc1ccc(CNC(=O)c2cnn(Cc3ccc(OC)c(OC)c3)c2)cc1O. The zero-order valence-electron chi connectivity index (χ0n) is 16.5. The van der Waals surface area contributed by atoms with Crippen LogP contribution in [0.4, 0.5) is 0 Å². The largest absolute Gasteiger partial charge is 0.504 e. The summed E-state index contributed by atoms with van der Waals surface area (Å²) in [5, 5.41) is 16.9. The molecular weight excluding hydrogens is 374 g/mol. The molecule has 1 heterocycles. The van der Waals surface area contributed by atoms with Crippen LogP contribution in [0, 0.1) is 0 Å². The van der Waals surface area contributed by atoms with Gasteiger partial charge in [0.15, 0.2) is 23.0 Å². The molecule has 3 aromatic rings. The van der Waals surface area contributed by atoms with E-state index in [2.05, 4.69) is 10.4 Å². The van der Waals surface area contributed by atoms with Gasteiger partial charge >= 0.3 is 0 Å². The van der Waals surface area contributed by atoms with Gasteiger partial charge in [-0.3, -0.25) is 9.48 Å². The Hall–Kier alpha value is -3.68. The van der Waals surface area contributed by atoms with Gasteiger partial charge in [-0.25, -0.2) is 0 Å². The molecule has 2 N–H and O–H groups in total. The first-order valence-electron chi connectivity index (χ1n) is 8.91. The molecule has 1 amide bonds. The highest BCUT2D eigenvalue weighted by Crippen LogP contribution is 2.28. The lowest BCUT2D eigenvalue weighted by molar-refractivity contribution is 0.0950. The molecule has 0 aliphatic rings. The van der Waals surface area contributed by atoms with Crippen molar-refractivity contribution < 1.29 is 24.1 Å². The first-order chi connectivity index (χ1) is 14.0. The van der Waals surface area contributed by atoms with E-state index in [9.17, 15) is 9.90 Å². The van der Waals surface area contributed by atoms with Crippen LogP contribution in [0.15, 0.2) is 48.8 Å². The number of nitrogens with zero attached hydrogens (tertiary/aromatic N) is 2. The number of benzene rings is 2. The number of phenolic OH excluding ortho intramolecular Hbond substituents is 1. The number of methoxy groups -OCH3 is 3. The van der Waals surface area contributed by atoms with Gasteiger partial charge < -0.3 is 24.6 Å². The second-order valence-corrected chi connectivity index (χ2v) is 6.30. The van der Waals surface area contributed by atoms with Crippen molar-refractivity contribution in [2.45, 2.75) is 13.1 Å². The number of nitrogens with one attached hydrogen (secondary N) is 1. The first kappa shape index (κ1) is 20.1. The van der Waals surface area contributed by atoms with E-state index in [-0.39, 0.29) is 18.2 Å². The number of aromatic nitrogens is 2. The van der Waals surface area contributed by atoms with Gasteiger partial charge in [0.2, 0.25) is 0 Å². The molecule has 2 aromatic carbocycles. The van der Waals surface area contributed by atoms with Gasteiger partial charge in [-0.2, -0.15) is 5.10 Å². The summed E-state index contributed by atoms with van der Waals surface area (Å²) in [4.78, 5) is 12.4. The summed E-state index contributed by atoms with van der Waals surface area (Å²) in [7, 11) is 4.65. The zero-order chi connectivity index (χ0) is 20.8. The predicted molar refractivity (Wildman–Crippen MR) is 107 cm³/mol. The molecule has 0 fully saturated rings. The lowest BCUT2D eigenvalue weighted by atomic mass is 10.2. The van der Waals surface area contributed by atoms with E-state index >= 15 is 0 Å². The van der Waals surface area contributed by atoms with Crippen LogP contribution in [0.25, 0.3) is 0 Å². The van der Waals surface area contributed by atoms with E-state index in [1.807, 2.05) is 18.2 Å². The molecule has 29 heavy (non-hydrogen) atoms. The Balaban J connectivity index is 1.62. The van der Waals surface area contributed by atoms with E-state index in [0.717, 1.165) is 11.1 Å². The van der Waals surface area contributed by atoms with Crippen molar-refractivity contribution >= 4 is 5.91 Å². The molecule has 152 valence electrons. The number of aromatic hydroxyl groups is 1. The van der Waals surface area contributed by atoms with E-state index < -0.39 is 0 Å². The third-order valence-corrected chi connectivity index (χ3v) is 4.38. The highest BCUT2D eigenvalue weighted by molar-refractivity contribution is 5.93. The van der Waals surface area contributed by atoms with Crippen LogP contribution in [-0.4, -0.2) is 42.1 Å². The summed E-state index contributed by atoms with van der Waals surface area (Å²) >= 11 is 0. The molecule has 0 aliphatic carbocycles. The Morgan fingerprint density at radius 3 is 2.38 bits per heavy atom. The van der Waals surface area contributed by atoms with E-state index in [1.165, 1.54) is 13.3 Å². The third-order valence-electron chi connectivity index (χ3n) is 4.38. The summed E-state index contributed by atoms with van der Waals surface area (Å²) in [6.07, 6.45) is 3.19. The van der Waals surface area contributed by atoms with Gasteiger partial charge in [0.1, 0.15) is 0 Å². The average Bonchev–Trinajstić information content (AvgIpc) is 3.20. The van der Waals surface area contributed by atoms with Crippen molar-refractivity contribution in [3.63, 3.8) is 0 Å². The first-order valence-corrected chi connectivity index (χ1v) is 8.91. The summed E-state index contributed by atoms with van der Waals surface area (Å²) in [5.74, 6) is 1.46. The molecule has 0 saturated carbocycles. The summed E-state index contributed by atoms with van der Waals surface area (Å²) < 4.78 is 17.2. The quantitative estimate of drug-likeness (QED) is 0.607. The topological polar surface area (TPSA) is 94.8 Å². The minimum atomic E-state index is -0.251. The van der Waals surface area contributed by atoms with Crippen LogP contribution in [-0.2, 0) is 13.1 Å². The molecule has 8 heteroatoms. The monoisotopic (exact) mass is 397 g/mol. The Labute approximate surface area is 168 Å². The maximum Gasteiger partial charge on any atom is 0.254 e. The summed E-state index contributed by atoms with van der Waals surface area (Å²) in [6, 6.07) is 10.6. The van der Waals surface area contributed by atoms with Gasteiger partial charge in [-0.05, 0) is 35.4 Å². The average molecular weight is 397 g/mol. The highest BCUT2D eigenvalue weighted by Gasteiger charge is 2.11. The molecule has 8 nitrogen and oxygen atoms in total. The fraction of sp³-hybridized carbons (Fsp3) is 0.238. The molecule has 0 unspecified atom stereocenters. The number of carbonyl (C=O) groups excluding carboxylic acids is 1. The molecule has 1 aromatic heterocycles. The molecule has 0 spiro atoms. The maximum absolute atomic E-state index is 12.4. The number of phenols is 1. The summed E-state index contributed by atoms with van der Waals surface area (Å²) in [5.41, 5.74) is 2.17. The predicted octanol–water partition coefficient (Wildman–Crippen LogP) is 2.59. The fourth-order valence-corrected chi connectivity index (χ4v) is 2.86. The molecule has 0 saturated heterocycles. The van der Waals surface area contributed by atoms with Crippen LogP contribution in [0.2, 0.25) is 0 Å². The van der Waals surface area contributed by atoms with Crippen molar-refractivity contribution in [1.29, 1.82) is 0 Å². The Kier molecular flexibility index (Phi) is 6.23. The van der Waals surface area contributed by atoms with Crippen LogP contribution >= 0.6 is 0 Å². The van der Waals surface area contributed by atoms with Crippen LogP contribution in [0.3, 0.4) is 0 Å². The standard InChI is InChI=1S/C21H23N3O5/c1-27-18-6-4-14(8-17(18)25)10-22-21(26)16-11-23-24(13-16)12-15-5-7-19(28-2)20(9-15)29-3/h4-9,11,13,25H,10,12H2,1-3H3,(H,22,26). The Bertz CT molecular complexity index is 1000. The lowest BCUT2D eigenvalue weighted by Crippen LogP contribution is -2.22. The second-order valence-electron chi connectivity index (χ2n) is 6.30. The molecule has 3 rings (SSSR count). The lowest BCUT2D eigenvalue weighted by Gasteiger charge is -2.09. The van der Waals surface area contributed by atoms with Crippen molar-refractivity contribution in [3.05, 3.63) is 65.5 Å². The highest BCUT2D eigenvalue weighted by atomic mass is 16.5. The van der Waals surface area contributed by atoms with Crippen LogP contribution in [0.1, 0.15) is 21.5 Å².